The molecule has 0 saturated carbocycles. The van der Waals surface area contributed by atoms with Gasteiger partial charge in [0.15, 0.2) is 0 Å². The van der Waals surface area contributed by atoms with Gasteiger partial charge in [-0.05, 0) is 60.6 Å². The molecule has 0 radical (unpaired) electrons. The third kappa shape index (κ3) is 2.52. The number of fused-ring (bicyclic) bond motifs is 3. The highest BCUT2D eigenvalue weighted by Gasteiger charge is 2.29. The van der Waals surface area contributed by atoms with Gasteiger partial charge in [-0.2, -0.15) is 0 Å². The van der Waals surface area contributed by atoms with E-state index in [0.29, 0.717) is 6.04 Å². The van der Waals surface area contributed by atoms with Gasteiger partial charge in [-0.1, -0.05) is 33.1 Å². The minimum absolute atomic E-state index is 0.0823. The van der Waals surface area contributed by atoms with Crippen LogP contribution in [0, 0.1) is 0 Å². The molecule has 2 aliphatic heterocycles. The van der Waals surface area contributed by atoms with Gasteiger partial charge >= 0.3 is 0 Å². The first-order valence-corrected chi connectivity index (χ1v) is 8.40. The summed E-state index contributed by atoms with van der Waals surface area (Å²) in [5.41, 5.74) is 8.34. The molecule has 2 heteroatoms. The van der Waals surface area contributed by atoms with Gasteiger partial charge < -0.3 is 10.0 Å². The van der Waals surface area contributed by atoms with Gasteiger partial charge in [0.05, 0.1) is 0 Å². The molecule has 2 nitrogen and oxygen atoms in total. The maximum Gasteiger partial charge on any atom is 0.117 e. The fraction of sp³-hybridized carbons (Fsp3) is 0.333. The van der Waals surface area contributed by atoms with Crippen molar-refractivity contribution >= 4 is 5.70 Å². The van der Waals surface area contributed by atoms with Crippen LogP contribution in [0.15, 0.2) is 54.5 Å². The third-order valence-electron chi connectivity index (χ3n) is 4.97. The van der Waals surface area contributed by atoms with Gasteiger partial charge in [0, 0.05) is 29.1 Å². The molecule has 1 atom stereocenters. The summed E-state index contributed by atoms with van der Waals surface area (Å²) in [6.07, 6.45) is 7.21. The lowest BCUT2D eigenvalue weighted by molar-refractivity contribution is 0.378. The monoisotopic (exact) mass is 307 g/mol. The maximum absolute atomic E-state index is 9.79. The first kappa shape index (κ1) is 15.7. The van der Waals surface area contributed by atoms with Gasteiger partial charge in [0.25, 0.3) is 0 Å². The Morgan fingerprint density at radius 2 is 1.91 bits per heavy atom. The summed E-state index contributed by atoms with van der Waals surface area (Å²) in [4.78, 5) is 2.25. The van der Waals surface area contributed by atoms with E-state index in [4.69, 9.17) is 0 Å². The van der Waals surface area contributed by atoms with E-state index in [0.717, 1.165) is 30.4 Å². The molecule has 1 aromatic rings. The van der Waals surface area contributed by atoms with Crippen LogP contribution in [0.3, 0.4) is 0 Å². The number of benzene rings is 1. The van der Waals surface area contributed by atoms with E-state index >= 15 is 0 Å². The molecule has 0 fully saturated rings. The molecule has 0 aliphatic carbocycles. The second kappa shape index (κ2) is 5.77. The maximum atomic E-state index is 9.79. The van der Waals surface area contributed by atoms with E-state index in [1.165, 1.54) is 28.0 Å². The summed E-state index contributed by atoms with van der Waals surface area (Å²) >= 11 is 0. The summed E-state index contributed by atoms with van der Waals surface area (Å²) in [5, 5.41) is 9.79. The molecule has 2 heterocycles. The summed E-state index contributed by atoms with van der Waals surface area (Å²) < 4.78 is 0. The first-order valence-electron chi connectivity index (χ1n) is 8.40. The molecular weight excluding hydrogens is 282 g/mol. The predicted octanol–water partition coefficient (Wildman–Crippen LogP) is 4.92. The molecule has 0 saturated heterocycles. The highest BCUT2D eigenvalue weighted by atomic mass is 16.3. The van der Waals surface area contributed by atoms with E-state index in [-0.39, 0.29) is 5.76 Å². The Kier molecular flexibility index (Phi) is 3.93. The lowest BCUT2D eigenvalue weighted by atomic mass is 9.85. The zero-order chi connectivity index (χ0) is 16.7. The number of allylic oxidation sites excluding steroid dienone is 2. The van der Waals surface area contributed by atoms with Crippen molar-refractivity contribution in [1.82, 2.24) is 4.90 Å². The number of aryl methyl sites for hydroxylation is 2. The Balaban J connectivity index is 2.15. The lowest BCUT2D eigenvalue weighted by Crippen LogP contribution is -2.35. The Morgan fingerprint density at radius 3 is 2.52 bits per heavy atom. The molecule has 0 bridgehead atoms. The number of rotatable bonds is 3. The number of nitrogens with zero attached hydrogens (tertiary/aromatic N) is 1. The molecule has 3 rings (SSSR count). The molecule has 0 spiro atoms. The SMILES string of the molecule is C=C(O)C1=CN2C(=CC1=C)c1cc(CC)c(CC)cc1CC2C. The van der Waals surface area contributed by atoms with Crippen LogP contribution in [-0.4, -0.2) is 16.0 Å². The quantitative estimate of drug-likeness (QED) is 0.801. The number of hydrogen-bond acceptors (Lipinski definition) is 2. The molecule has 23 heavy (non-hydrogen) atoms. The highest BCUT2D eigenvalue weighted by Crippen LogP contribution is 2.39. The van der Waals surface area contributed by atoms with E-state index in [2.05, 4.69) is 57.0 Å². The number of aliphatic hydroxyl groups is 1. The van der Waals surface area contributed by atoms with Crippen LogP contribution in [0.25, 0.3) is 5.70 Å². The zero-order valence-electron chi connectivity index (χ0n) is 14.3. The summed E-state index contributed by atoms with van der Waals surface area (Å²) in [6, 6.07) is 5.09. The summed E-state index contributed by atoms with van der Waals surface area (Å²) in [6.45, 7) is 14.4. The van der Waals surface area contributed by atoms with Crippen LogP contribution < -0.4 is 0 Å². The summed E-state index contributed by atoms with van der Waals surface area (Å²) in [5.74, 6) is 0.0823. The highest BCUT2D eigenvalue weighted by molar-refractivity contribution is 5.77. The van der Waals surface area contributed by atoms with Crippen molar-refractivity contribution in [3.05, 3.63) is 76.7 Å². The zero-order valence-corrected chi connectivity index (χ0v) is 14.3. The Bertz CT molecular complexity index is 751. The van der Waals surface area contributed by atoms with Crippen molar-refractivity contribution in [2.45, 2.75) is 46.1 Å². The van der Waals surface area contributed by atoms with E-state index < -0.39 is 0 Å². The van der Waals surface area contributed by atoms with Gasteiger partial charge in [-0.15, -0.1) is 0 Å². The van der Waals surface area contributed by atoms with Crippen molar-refractivity contribution in [2.75, 3.05) is 0 Å². The molecule has 1 N–H and O–H groups in total. The van der Waals surface area contributed by atoms with E-state index in [1.54, 1.807) is 0 Å². The molecular formula is C21H25NO. The van der Waals surface area contributed by atoms with E-state index in [9.17, 15) is 5.11 Å². The normalized spacial score (nSPS) is 19.7. The van der Waals surface area contributed by atoms with Crippen LogP contribution in [0.5, 0.6) is 0 Å². The topological polar surface area (TPSA) is 23.5 Å². The second-order valence-corrected chi connectivity index (χ2v) is 6.49. The average Bonchev–Trinajstić information content (AvgIpc) is 2.53. The largest absolute Gasteiger partial charge is 0.508 e. The van der Waals surface area contributed by atoms with Crippen LogP contribution in [0.4, 0.5) is 0 Å². The lowest BCUT2D eigenvalue weighted by Gasteiger charge is -2.40. The fourth-order valence-corrected chi connectivity index (χ4v) is 3.67. The van der Waals surface area contributed by atoms with Crippen LogP contribution in [-0.2, 0) is 19.3 Å². The molecule has 1 aromatic carbocycles. The number of hydrogen-bond donors (Lipinski definition) is 1. The van der Waals surface area contributed by atoms with Gasteiger partial charge in [-0.25, -0.2) is 0 Å². The van der Waals surface area contributed by atoms with Gasteiger partial charge in [0.1, 0.15) is 5.76 Å². The molecule has 0 aromatic heterocycles. The molecule has 1 unspecified atom stereocenters. The standard InChI is InChI=1S/C21H25NO/c1-6-16-10-18-9-14(4)22-12-20(15(5)23)13(3)8-21(22)19(18)11-17(16)7-2/h8,10-12,14,23H,3,5-7,9H2,1-2,4H3. The van der Waals surface area contributed by atoms with Gasteiger partial charge in [0.2, 0.25) is 0 Å². The van der Waals surface area contributed by atoms with Crippen molar-refractivity contribution in [1.29, 1.82) is 0 Å². The van der Waals surface area contributed by atoms with Gasteiger partial charge in [-0.3, -0.25) is 0 Å². The Labute approximate surface area is 139 Å². The smallest absolute Gasteiger partial charge is 0.117 e. The third-order valence-corrected chi connectivity index (χ3v) is 4.97. The molecule has 120 valence electrons. The minimum atomic E-state index is 0.0823. The Hall–Kier alpha value is -2.22. The number of aliphatic hydroxyl groups excluding tert-OH is 1. The van der Waals surface area contributed by atoms with Crippen molar-refractivity contribution < 1.29 is 5.11 Å². The first-order chi connectivity index (χ1) is 11.0. The van der Waals surface area contributed by atoms with Crippen LogP contribution >= 0.6 is 0 Å². The van der Waals surface area contributed by atoms with Crippen molar-refractivity contribution in [3.63, 3.8) is 0 Å². The summed E-state index contributed by atoms with van der Waals surface area (Å²) in [7, 11) is 0. The minimum Gasteiger partial charge on any atom is -0.508 e. The molecule has 2 aliphatic rings. The van der Waals surface area contributed by atoms with Crippen molar-refractivity contribution in [3.8, 4) is 0 Å². The van der Waals surface area contributed by atoms with E-state index in [1.807, 2.05) is 6.20 Å². The second-order valence-electron chi connectivity index (χ2n) is 6.49. The molecule has 0 amide bonds. The Morgan fingerprint density at radius 1 is 1.26 bits per heavy atom. The fourth-order valence-electron chi connectivity index (χ4n) is 3.67. The van der Waals surface area contributed by atoms with Crippen molar-refractivity contribution in [2.24, 2.45) is 0 Å². The van der Waals surface area contributed by atoms with Crippen LogP contribution in [0.1, 0.15) is 43.0 Å². The predicted molar refractivity (Wildman–Crippen MR) is 97.2 cm³/mol. The average molecular weight is 307 g/mol. The van der Waals surface area contributed by atoms with Crippen LogP contribution in [0.2, 0.25) is 0 Å².